The van der Waals surface area contributed by atoms with Crippen molar-refractivity contribution in [2.24, 2.45) is 0 Å². The number of carbonyl (C=O) groups is 1. The van der Waals surface area contributed by atoms with Gasteiger partial charge < -0.3 is 5.11 Å². The van der Waals surface area contributed by atoms with Gasteiger partial charge in [-0.25, -0.2) is 4.79 Å². The zero-order chi connectivity index (χ0) is 14.8. The molecule has 1 saturated carbocycles. The SMILES string of the molecule is CC(C=CC=Cc1ccc2c(c1)[C@@H]1CC[C@@H]2C1)=CC(=O)O. The van der Waals surface area contributed by atoms with Gasteiger partial charge in [-0.3, -0.25) is 0 Å². The Morgan fingerprint density at radius 1 is 1.19 bits per heavy atom. The Bertz CT molecular complexity index is 650. The lowest BCUT2D eigenvalue weighted by Crippen LogP contribution is -1.97. The fourth-order valence-corrected chi connectivity index (χ4v) is 3.59. The molecule has 0 radical (unpaired) electrons. The highest BCUT2D eigenvalue weighted by molar-refractivity contribution is 5.81. The molecule has 0 amide bonds. The number of carboxylic acid groups (broad SMARTS) is 1. The van der Waals surface area contributed by atoms with E-state index in [1.54, 1.807) is 24.1 Å². The normalized spacial score (nSPS) is 24.1. The fraction of sp³-hybridized carbons (Fsp3) is 0.316. The summed E-state index contributed by atoms with van der Waals surface area (Å²) in [6, 6.07) is 6.80. The zero-order valence-corrected chi connectivity index (χ0v) is 12.3. The van der Waals surface area contributed by atoms with E-state index in [-0.39, 0.29) is 0 Å². The second-order valence-electron chi connectivity index (χ2n) is 6.04. The predicted octanol–water partition coefficient (Wildman–Crippen LogP) is 4.65. The van der Waals surface area contributed by atoms with Gasteiger partial charge in [0.15, 0.2) is 0 Å². The van der Waals surface area contributed by atoms with Gasteiger partial charge in [0.2, 0.25) is 0 Å². The smallest absolute Gasteiger partial charge is 0.328 e. The van der Waals surface area contributed by atoms with Crippen molar-refractivity contribution in [3.8, 4) is 0 Å². The summed E-state index contributed by atoms with van der Waals surface area (Å²) in [6.07, 6.45) is 13.0. The summed E-state index contributed by atoms with van der Waals surface area (Å²) in [6.45, 7) is 1.78. The molecule has 0 aliphatic heterocycles. The number of fused-ring (bicyclic) bond motifs is 5. The molecule has 0 spiro atoms. The monoisotopic (exact) mass is 280 g/mol. The molecule has 3 rings (SSSR count). The van der Waals surface area contributed by atoms with Crippen LogP contribution in [0.1, 0.15) is 54.7 Å². The average molecular weight is 280 g/mol. The van der Waals surface area contributed by atoms with Gasteiger partial charge >= 0.3 is 5.97 Å². The topological polar surface area (TPSA) is 37.3 Å². The summed E-state index contributed by atoms with van der Waals surface area (Å²) in [5, 5.41) is 8.63. The van der Waals surface area contributed by atoms with Crippen LogP contribution >= 0.6 is 0 Å². The van der Waals surface area contributed by atoms with Crippen LogP contribution in [0.15, 0.2) is 48.1 Å². The molecule has 0 heterocycles. The summed E-state index contributed by atoms with van der Waals surface area (Å²) in [5.74, 6) is 0.691. The third-order valence-electron chi connectivity index (χ3n) is 4.53. The maximum Gasteiger partial charge on any atom is 0.328 e. The van der Waals surface area contributed by atoms with E-state index >= 15 is 0 Å². The molecule has 1 aromatic carbocycles. The Balaban J connectivity index is 1.69. The highest BCUT2D eigenvalue weighted by Crippen LogP contribution is 2.53. The van der Waals surface area contributed by atoms with Crippen molar-refractivity contribution >= 4 is 12.0 Å². The van der Waals surface area contributed by atoms with Gasteiger partial charge in [0, 0.05) is 6.08 Å². The quantitative estimate of drug-likeness (QED) is 0.643. The molecule has 0 aromatic heterocycles. The first-order valence-electron chi connectivity index (χ1n) is 7.53. The lowest BCUT2D eigenvalue weighted by molar-refractivity contribution is -0.131. The van der Waals surface area contributed by atoms with Crippen LogP contribution in [0, 0.1) is 0 Å². The standard InChI is InChI=1S/C19H20O2/c1-13(10-19(20)21)4-2-3-5-14-6-9-17-15-7-8-16(12-15)18(17)11-14/h2-6,9-11,15-16H,7-8,12H2,1H3,(H,20,21)/t15-,16-/m1/s1. The molecule has 2 nitrogen and oxygen atoms in total. The van der Waals surface area contributed by atoms with E-state index < -0.39 is 5.97 Å². The van der Waals surface area contributed by atoms with Crippen LogP contribution in [-0.4, -0.2) is 11.1 Å². The van der Waals surface area contributed by atoms with Crippen LogP contribution in [0.5, 0.6) is 0 Å². The van der Waals surface area contributed by atoms with Gasteiger partial charge in [-0.1, -0.05) is 42.5 Å². The molecular weight excluding hydrogens is 260 g/mol. The summed E-state index contributed by atoms with van der Waals surface area (Å²) < 4.78 is 0. The number of aliphatic carboxylic acids is 1. The van der Waals surface area contributed by atoms with E-state index in [0.29, 0.717) is 0 Å². The van der Waals surface area contributed by atoms with Crippen molar-refractivity contribution in [3.05, 3.63) is 64.8 Å². The molecule has 1 aromatic rings. The lowest BCUT2D eigenvalue weighted by Gasteiger charge is -2.15. The average Bonchev–Trinajstić information content (AvgIpc) is 3.04. The number of allylic oxidation sites excluding steroid dienone is 4. The van der Waals surface area contributed by atoms with Gasteiger partial charge in [-0.15, -0.1) is 0 Å². The molecule has 2 heteroatoms. The Labute approximate surface area is 125 Å². The number of hydrogen-bond donors (Lipinski definition) is 1. The molecule has 0 unspecified atom stereocenters. The first-order chi connectivity index (χ1) is 10.1. The van der Waals surface area contributed by atoms with Crippen molar-refractivity contribution in [1.82, 2.24) is 0 Å². The van der Waals surface area contributed by atoms with Gasteiger partial charge in [0.25, 0.3) is 0 Å². The van der Waals surface area contributed by atoms with Crippen LogP contribution in [-0.2, 0) is 4.79 Å². The van der Waals surface area contributed by atoms with Crippen molar-refractivity contribution < 1.29 is 9.90 Å². The predicted molar refractivity (Wildman–Crippen MR) is 85.3 cm³/mol. The van der Waals surface area contributed by atoms with Crippen molar-refractivity contribution in [2.45, 2.75) is 38.0 Å². The van der Waals surface area contributed by atoms with E-state index in [1.165, 1.54) is 30.9 Å². The van der Waals surface area contributed by atoms with Gasteiger partial charge in [0.05, 0.1) is 0 Å². The molecule has 1 fully saturated rings. The van der Waals surface area contributed by atoms with Crippen molar-refractivity contribution in [2.75, 3.05) is 0 Å². The van der Waals surface area contributed by atoms with Crippen LogP contribution < -0.4 is 0 Å². The second-order valence-corrected chi connectivity index (χ2v) is 6.04. The summed E-state index contributed by atoms with van der Waals surface area (Å²) >= 11 is 0. The Morgan fingerprint density at radius 3 is 2.71 bits per heavy atom. The Morgan fingerprint density at radius 2 is 1.95 bits per heavy atom. The van der Waals surface area contributed by atoms with Crippen molar-refractivity contribution in [1.29, 1.82) is 0 Å². The fourth-order valence-electron chi connectivity index (χ4n) is 3.59. The number of hydrogen-bond acceptors (Lipinski definition) is 1. The number of rotatable bonds is 4. The van der Waals surface area contributed by atoms with Gasteiger partial charge in [0.1, 0.15) is 0 Å². The molecule has 108 valence electrons. The van der Waals surface area contributed by atoms with Gasteiger partial charge in [-0.05, 0) is 60.3 Å². The van der Waals surface area contributed by atoms with Crippen LogP contribution in [0.25, 0.3) is 6.08 Å². The largest absolute Gasteiger partial charge is 0.478 e. The summed E-state index contributed by atoms with van der Waals surface area (Å²) in [5.41, 5.74) is 5.09. The highest BCUT2D eigenvalue weighted by atomic mass is 16.4. The molecule has 2 bridgehead atoms. The van der Waals surface area contributed by atoms with E-state index in [0.717, 1.165) is 17.4 Å². The number of benzene rings is 1. The lowest BCUT2D eigenvalue weighted by atomic mass is 9.90. The second kappa shape index (κ2) is 5.72. The van der Waals surface area contributed by atoms with Gasteiger partial charge in [-0.2, -0.15) is 0 Å². The molecule has 1 N–H and O–H groups in total. The Hall–Kier alpha value is -2.09. The molecule has 2 aliphatic carbocycles. The van der Waals surface area contributed by atoms with Crippen LogP contribution in [0.4, 0.5) is 0 Å². The van der Waals surface area contributed by atoms with E-state index in [9.17, 15) is 4.79 Å². The van der Waals surface area contributed by atoms with Crippen LogP contribution in [0.2, 0.25) is 0 Å². The third kappa shape index (κ3) is 2.99. The minimum atomic E-state index is -0.908. The molecule has 0 saturated heterocycles. The highest BCUT2D eigenvalue weighted by Gasteiger charge is 2.36. The minimum Gasteiger partial charge on any atom is -0.478 e. The number of carboxylic acids is 1. The van der Waals surface area contributed by atoms with Crippen LogP contribution in [0.3, 0.4) is 0 Å². The van der Waals surface area contributed by atoms with E-state index in [1.807, 2.05) is 12.2 Å². The van der Waals surface area contributed by atoms with E-state index in [4.69, 9.17) is 5.11 Å². The first-order valence-corrected chi connectivity index (χ1v) is 7.53. The molecule has 2 aliphatic rings. The van der Waals surface area contributed by atoms with Crippen molar-refractivity contribution in [3.63, 3.8) is 0 Å². The Kier molecular flexibility index (Phi) is 3.78. The summed E-state index contributed by atoms with van der Waals surface area (Å²) in [7, 11) is 0. The molecule has 2 atom stereocenters. The molecule has 21 heavy (non-hydrogen) atoms. The maximum atomic E-state index is 10.5. The minimum absolute atomic E-state index is 0.735. The first kappa shape index (κ1) is 13.9. The zero-order valence-electron chi connectivity index (χ0n) is 12.3. The van der Waals surface area contributed by atoms with E-state index in [2.05, 4.69) is 24.3 Å². The molecular formula is C19H20O2. The third-order valence-corrected chi connectivity index (χ3v) is 4.53. The maximum absolute atomic E-state index is 10.5. The summed E-state index contributed by atoms with van der Waals surface area (Å²) in [4.78, 5) is 10.5.